The van der Waals surface area contributed by atoms with Gasteiger partial charge in [0.1, 0.15) is 0 Å². The highest BCUT2D eigenvalue weighted by molar-refractivity contribution is 6.31. The molecule has 1 unspecified atom stereocenters. The number of nitrogens with one attached hydrogen (secondary N) is 2. The molecule has 1 amide bonds. The van der Waals surface area contributed by atoms with Gasteiger partial charge in [0.2, 0.25) is 5.91 Å². The van der Waals surface area contributed by atoms with E-state index in [4.69, 9.17) is 16.6 Å². The van der Waals surface area contributed by atoms with Crippen molar-refractivity contribution in [3.63, 3.8) is 0 Å². The third kappa shape index (κ3) is 4.15. The number of anilines is 1. The fourth-order valence-electron chi connectivity index (χ4n) is 3.51. The first kappa shape index (κ1) is 17.3. The van der Waals surface area contributed by atoms with Crippen molar-refractivity contribution in [2.24, 2.45) is 10.9 Å². The zero-order chi connectivity index (χ0) is 18.1. The van der Waals surface area contributed by atoms with Crippen LogP contribution in [0.1, 0.15) is 57.1 Å². The average molecular weight is 371 g/mol. The van der Waals surface area contributed by atoms with E-state index in [1.54, 1.807) is 0 Å². The largest absolute Gasteiger partial charge is 0.309 e. The Morgan fingerprint density at radius 2 is 2.23 bits per heavy atom. The normalized spacial score (nSPS) is 26.9. The van der Waals surface area contributed by atoms with Crippen molar-refractivity contribution in [1.29, 1.82) is 0 Å². The monoisotopic (exact) mass is 370 g/mol. The second-order valence-electron chi connectivity index (χ2n) is 7.38. The van der Waals surface area contributed by atoms with Gasteiger partial charge in [-0.25, -0.2) is 0 Å². The zero-order valence-corrected chi connectivity index (χ0v) is 15.6. The van der Waals surface area contributed by atoms with Gasteiger partial charge >= 0.3 is 0 Å². The van der Waals surface area contributed by atoms with Crippen molar-refractivity contribution < 1.29 is 4.79 Å². The third-order valence-electron chi connectivity index (χ3n) is 5.07. The van der Waals surface area contributed by atoms with Crippen LogP contribution in [0, 0.1) is 5.92 Å². The van der Waals surface area contributed by atoms with E-state index in [-0.39, 0.29) is 12.3 Å². The summed E-state index contributed by atoms with van der Waals surface area (Å²) in [6.45, 7) is 2.03. The summed E-state index contributed by atoms with van der Waals surface area (Å²) in [5.74, 6) is 1.51. The number of carbonyl (C=O) groups excluding carboxylic acids is 1. The number of H-pyrrole nitrogens is 1. The van der Waals surface area contributed by atoms with Crippen LogP contribution in [0.4, 0.5) is 5.82 Å². The van der Waals surface area contributed by atoms with E-state index in [0.29, 0.717) is 17.7 Å². The van der Waals surface area contributed by atoms with Crippen LogP contribution in [0.15, 0.2) is 45.6 Å². The number of rotatable bonds is 4. The molecule has 0 aromatic carbocycles. The number of amides is 1. The van der Waals surface area contributed by atoms with Crippen LogP contribution in [0.5, 0.6) is 0 Å². The lowest BCUT2D eigenvalue weighted by molar-refractivity contribution is -0.115. The van der Waals surface area contributed by atoms with E-state index in [1.807, 2.05) is 19.1 Å². The van der Waals surface area contributed by atoms with Crippen molar-refractivity contribution >= 4 is 29.0 Å². The Labute approximate surface area is 158 Å². The van der Waals surface area contributed by atoms with Crippen LogP contribution < -0.4 is 5.32 Å². The van der Waals surface area contributed by atoms with Crippen molar-refractivity contribution in [2.75, 3.05) is 5.32 Å². The zero-order valence-electron chi connectivity index (χ0n) is 14.9. The van der Waals surface area contributed by atoms with E-state index in [9.17, 15) is 4.79 Å². The molecule has 0 radical (unpaired) electrons. The molecular weight excluding hydrogens is 348 g/mol. The van der Waals surface area contributed by atoms with Gasteiger partial charge in [-0.2, -0.15) is 5.10 Å². The molecule has 1 aromatic rings. The molecule has 2 N–H and O–H groups in total. The summed E-state index contributed by atoms with van der Waals surface area (Å²) in [4.78, 5) is 17.1. The smallest absolute Gasteiger partial charge is 0.231 e. The SMILES string of the molecule is C/C1=C/C(Cl)=C\CCC2C=C(CC(=O)Nc3cc(C4CC4)[nH]n3)N=C1C2. The molecule has 1 fully saturated rings. The summed E-state index contributed by atoms with van der Waals surface area (Å²) in [5.41, 5.74) is 4.05. The Kier molecular flexibility index (Phi) is 4.81. The van der Waals surface area contributed by atoms with E-state index >= 15 is 0 Å². The first-order chi connectivity index (χ1) is 12.6. The maximum absolute atomic E-state index is 12.4. The van der Waals surface area contributed by atoms with Gasteiger partial charge in [0.05, 0.1) is 6.42 Å². The standard InChI is InChI=1S/C20H23ClN4O/c1-12-7-15(21)4-2-3-13-8-16(22-17(12)9-13)10-20(26)23-19-11-18(24-25-19)14-5-6-14/h4,7-8,11,13-14H,2-3,5-6,9-10H2,1H3,(H2,23,24,25,26)/b12-7-,15-4+. The minimum atomic E-state index is -0.0819. The van der Waals surface area contributed by atoms with Gasteiger partial charge in [-0.3, -0.25) is 14.9 Å². The van der Waals surface area contributed by atoms with Crippen LogP contribution >= 0.6 is 11.6 Å². The summed E-state index contributed by atoms with van der Waals surface area (Å²) in [6, 6.07) is 1.94. The summed E-state index contributed by atoms with van der Waals surface area (Å²) in [6.07, 6.45) is 11.7. The van der Waals surface area contributed by atoms with Gasteiger partial charge in [-0.1, -0.05) is 23.8 Å². The summed E-state index contributed by atoms with van der Waals surface area (Å²) >= 11 is 6.23. The van der Waals surface area contributed by atoms with Crippen LogP contribution in [-0.2, 0) is 4.79 Å². The lowest BCUT2D eigenvalue weighted by atomic mass is 9.90. The number of aromatic amines is 1. The second kappa shape index (κ2) is 7.23. The summed E-state index contributed by atoms with van der Waals surface area (Å²) in [7, 11) is 0. The molecule has 0 spiro atoms. The predicted molar refractivity (Wildman–Crippen MR) is 104 cm³/mol. The molecule has 1 atom stereocenters. The molecule has 5 nitrogen and oxygen atoms in total. The van der Waals surface area contributed by atoms with Crippen molar-refractivity contribution in [2.45, 2.75) is 51.4 Å². The fourth-order valence-corrected chi connectivity index (χ4v) is 3.78. The number of halogens is 1. The Morgan fingerprint density at radius 3 is 3.04 bits per heavy atom. The van der Waals surface area contributed by atoms with Gasteiger partial charge in [0.25, 0.3) is 0 Å². The second-order valence-corrected chi connectivity index (χ2v) is 7.82. The number of carbonyl (C=O) groups is 1. The molecule has 0 saturated heterocycles. The van der Waals surface area contributed by atoms with E-state index in [1.165, 1.54) is 12.8 Å². The number of allylic oxidation sites excluding steroid dienone is 5. The highest BCUT2D eigenvalue weighted by Gasteiger charge is 2.26. The molecule has 6 heteroatoms. The highest BCUT2D eigenvalue weighted by atomic mass is 35.5. The molecule has 1 saturated carbocycles. The Balaban J connectivity index is 1.45. The Morgan fingerprint density at radius 1 is 1.38 bits per heavy atom. The molecule has 26 heavy (non-hydrogen) atoms. The molecule has 4 rings (SSSR count). The molecule has 136 valence electrons. The van der Waals surface area contributed by atoms with E-state index < -0.39 is 0 Å². The maximum atomic E-state index is 12.4. The number of hydrogen-bond donors (Lipinski definition) is 2. The van der Waals surface area contributed by atoms with Crippen LogP contribution in [0.3, 0.4) is 0 Å². The van der Waals surface area contributed by atoms with Crippen molar-refractivity contribution in [3.8, 4) is 0 Å². The minimum Gasteiger partial charge on any atom is -0.309 e. The molecule has 2 heterocycles. The molecule has 3 aliphatic rings. The minimum absolute atomic E-state index is 0.0819. The van der Waals surface area contributed by atoms with Gasteiger partial charge in [0, 0.05) is 34.1 Å². The number of aromatic nitrogens is 2. The van der Waals surface area contributed by atoms with Gasteiger partial charge < -0.3 is 5.32 Å². The molecule has 2 aliphatic carbocycles. The van der Waals surface area contributed by atoms with Crippen molar-refractivity contribution in [3.05, 3.63) is 46.3 Å². The topological polar surface area (TPSA) is 70.1 Å². The summed E-state index contributed by atoms with van der Waals surface area (Å²) < 4.78 is 0. The molecular formula is C20H23ClN4O. The lowest BCUT2D eigenvalue weighted by Gasteiger charge is -2.20. The van der Waals surface area contributed by atoms with Crippen LogP contribution in [0.2, 0.25) is 0 Å². The van der Waals surface area contributed by atoms with Crippen LogP contribution in [0.25, 0.3) is 0 Å². The Bertz CT molecular complexity index is 842. The number of aliphatic imine (C=N–C) groups is 1. The number of fused-ring (bicyclic) bond motifs is 2. The maximum Gasteiger partial charge on any atom is 0.231 e. The summed E-state index contributed by atoms with van der Waals surface area (Å²) in [5, 5.41) is 10.8. The van der Waals surface area contributed by atoms with Gasteiger partial charge in [-0.05, 0) is 56.6 Å². The molecule has 1 aromatic heterocycles. The van der Waals surface area contributed by atoms with E-state index in [2.05, 4.69) is 27.7 Å². The fraction of sp³-hybridized carbons (Fsp3) is 0.450. The predicted octanol–water partition coefficient (Wildman–Crippen LogP) is 4.82. The third-order valence-corrected chi connectivity index (χ3v) is 5.34. The highest BCUT2D eigenvalue weighted by Crippen LogP contribution is 2.39. The molecule has 2 bridgehead atoms. The number of nitrogens with zero attached hydrogens (tertiary/aromatic N) is 2. The molecule has 1 aliphatic heterocycles. The van der Waals surface area contributed by atoms with Crippen LogP contribution in [-0.4, -0.2) is 21.8 Å². The first-order valence-corrected chi connectivity index (χ1v) is 9.62. The van der Waals surface area contributed by atoms with Crippen molar-refractivity contribution in [1.82, 2.24) is 10.2 Å². The lowest BCUT2D eigenvalue weighted by Crippen LogP contribution is -2.17. The Hall–Kier alpha value is -2.14. The quantitative estimate of drug-likeness (QED) is 0.797. The van der Waals surface area contributed by atoms with E-state index in [0.717, 1.165) is 47.0 Å². The first-order valence-electron chi connectivity index (χ1n) is 9.24. The average Bonchev–Trinajstić information content (AvgIpc) is 3.33. The van der Waals surface area contributed by atoms with Gasteiger partial charge in [0.15, 0.2) is 5.82 Å². The number of hydrogen-bond acceptors (Lipinski definition) is 3. The van der Waals surface area contributed by atoms with Gasteiger partial charge in [-0.15, -0.1) is 0 Å².